The number of benzene rings is 2. The van der Waals surface area contributed by atoms with Gasteiger partial charge in [0.2, 0.25) is 5.78 Å². The number of carbonyl (C=O) groups excluding carboxylic acids is 2. The summed E-state index contributed by atoms with van der Waals surface area (Å²) in [5.74, 6) is -3.92. The maximum absolute atomic E-state index is 14.6. The largest absolute Gasteiger partial charge is 0.503 e. The van der Waals surface area contributed by atoms with E-state index < -0.39 is 35.1 Å². The minimum absolute atomic E-state index is 0.133. The molecule has 0 fully saturated rings. The quantitative estimate of drug-likeness (QED) is 0.607. The summed E-state index contributed by atoms with van der Waals surface area (Å²) in [4.78, 5) is 27.4. The second-order valence-electron chi connectivity index (χ2n) is 6.66. The van der Waals surface area contributed by atoms with Crippen LogP contribution < -0.4 is 4.90 Å². The first kappa shape index (κ1) is 19.0. The lowest BCUT2D eigenvalue weighted by molar-refractivity contribution is -0.117. The summed E-state index contributed by atoms with van der Waals surface area (Å²) in [5.41, 5.74) is 1.05. The third-order valence-corrected chi connectivity index (χ3v) is 5.59. The number of amides is 1. The van der Waals surface area contributed by atoms with E-state index in [-0.39, 0.29) is 11.3 Å². The van der Waals surface area contributed by atoms with Crippen LogP contribution in [0, 0.1) is 18.6 Å². The highest BCUT2D eigenvalue weighted by Gasteiger charge is 2.45. The van der Waals surface area contributed by atoms with Crippen molar-refractivity contribution in [3.8, 4) is 0 Å². The van der Waals surface area contributed by atoms with Gasteiger partial charge in [0, 0.05) is 6.07 Å². The summed E-state index contributed by atoms with van der Waals surface area (Å²) in [7, 11) is 0. The minimum atomic E-state index is -1.04. The van der Waals surface area contributed by atoms with Gasteiger partial charge in [0.25, 0.3) is 5.91 Å². The van der Waals surface area contributed by atoms with E-state index in [1.165, 1.54) is 11.3 Å². The molecule has 1 N–H and O–H groups in total. The molecule has 1 atom stereocenters. The number of halogens is 2. The molecule has 7 heteroatoms. The molecule has 1 aliphatic rings. The molecule has 3 aromatic rings. The molecular weight excluding hydrogens is 396 g/mol. The van der Waals surface area contributed by atoms with Gasteiger partial charge in [0.05, 0.1) is 22.2 Å². The normalized spacial score (nSPS) is 16.6. The van der Waals surface area contributed by atoms with Crippen molar-refractivity contribution in [1.29, 1.82) is 0 Å². The van der Waals surface area contributed by atoms with Crippen molar-refractivity contribution in [3.63, 3.8) is 0 Å². The van der Waals surface area contributed by atoms with Gasteiger partial charge in [-0.05, 0) is 36.1 Å². The zero-order valence-corrected chi connectivity index (χ0v) is 16.0. The van der Waals surface area contributed by atoms with E-state index in [0.29, 0.717) is 16.5 Å². The molecule has 0 saturated carbocycles. The molecule has 1 aromatic heterocycles. The highest BCUT2D eigenvalue weighted by Crippen LogP contribution is 2.43. The Morgan fingerprint density at radius 3 is 2.55 bits per heavy atom. The van der Waals surface area contributed by atoms with Gasteiger partial charge in [-0.2, -0.15) is 0 Å². The van der Waals surface area contributed by atoms with E-state index in [1.807, 2.05) is 13.0 Å². The van der Waals surface area contributed by atoms with Crippen LogP contribution in [-0.2, 0) is 4.79 Å². The number of nitrogens with zero attached hydrogens (tertiary/aromatic N) is 1. The predicted molar refractivity (Wildman–Crippen MR) is 106 cm³/mol. The number of carbonyl (C=O) groups is 2. The van der Waals surface area contributed by atoms with Crippen LogP contribution in [0.5, 0.6) is 0 Å². The van der Waals surface area contributed by atoms with Gasteiger partial charge in [0.15, 0.2) is 5.76 Å². The van der Waals surface area contributed by atoms with Crippen LogP contribution in [0.15, 0.2) is 71.3 Å². The third kappa shape index (κ3) is 3.23. The maximum atomic E-state index is 14.6. The molecule has 1 aliphatic heterocycles. The van der Waals surface area contributed by atoms with Crippen LogP contribution in [0.2, 0.25) is 0 Å². The van der Waals surface area contributed by atoms with Crippen molar-refractivity contribution in [2.24, 2.45) is 0 Å². The van der Waals surface area contributed by atoms with Gasteiger partial charge < -0.3 is 5.11 Å². The van der Waals surface area contributed by atoms with E-state index in [0.717, 1.165) is 22.6 Å². The first-order valence-electron chi connectivity index (χ1n) is 8.75. The lowest BCUT2D eigenvalue weighted by Crippen LogP contribution is -2.31. The number of ketones is 1. The molecule has 4 rings (SSSR count). The first-order valence-corrected chi connectivity index (χ1v) is 9.63. The fourth-order valence-electron chi connectivity index (χ4n) is 3.46. The summed E-state index contributed by atoms with van der Waals surface area (Å²) in [6.45, 7) is 1.84. The van der Waals surface area contributed by atoms with Crippen molar-refractivity contribution in [2.45, 2.75) is 13.0 Å². The molecular formula is C22H15F2NO3S. The standard InChI is InChI=1S/C22H15F2NO3S/c1-12-4-2-5-13(10-12)19-18(20(26)17-6-3-9-29-17)21(27)22(28)25(19)16-8-7-14(23)11-15(16)24/h2-11,19,27H,1H3. The lowest BCUT2D eigenvalue weighted by atomic mass is 9.94. The first-order chi connectivity index (χ1) is 13.9. The van der Waals surface area contributed by atoms with Crippen LogP contribution in [0.1, 0.15) is 26.8 Å². The van der Waals surface area contributed by atoms with E-state index >= 15 is 0 Å². The minimum Gasteiger partial charge on any atom is -0.503 e. The van der Waals surface area contributed by atoms with Gasteiger partial charge in [-0.15, -0.1) is 11.3 Å². The summed E-state index contributed by atoms with van der Waals surface area (Å²) in [6, 6.07) is 12.1. The Morgan fingerprint density at radius 2 is 1.90 bits per heavy atom. The van der Waals surface area contributed by atoms with Crippen molar-refractivity contribution in [3.05, 3.63) is 98.9 Å². The lowest BCUT2D eigenvalue weighted by Gasteiger charge is -2.27. The molecule has 0 spiro atoms. The summed E-state index contributed by atoms with van der Waals surface area (Å²) in [6.07, 6.45) is 0. The zero-order chi connectivity index (χ0) is 20.7. The van der Waals surface area contributed by atoms with Gasteiger partial charge in [-0.3, -0.25) is 14.5 Å². The smallest absolute Gasteiger partial charge is 0.294 e. The molecule has 2 heterocycles. The Bertz CT molecular complexity index is 1150. The Hall–Kier alpha value is -3.32. The van der Waals surface area contributed by atoms with Crippen molar-refractivity contribution in [2.75, 3.05) is 4.90 Å². The average molecular weight is 411 g/mol. The number of anilines is 1. The molecule has 1 unspecified atom stereocenters. The fourth-order valence-corrected chi connectivity index (χ4v) is 4.14. The zero-order valence-electron chi connectivity index (χ0n) is 15.2. The number of aryl methyl sites for hydroxylation is 1. The van der Waals surface area contributed by atoms with Crippen LogP contribution in [0.4, 0.5) is 14.5 Å². The Kier molecular flexibility index (Phi) is 4.76. The number of rotatable bonds is 4. The highest BCUT2D eigenvalue weighted by molar-refractivity contribution is 7.12. The number of hydrogen-bond donors (Lipinski definition) is 1. The molecule has 0 aliphatic carbocycles. The predicted octanol–water partition coefficient (Wildman–Crippen LogP) is 5.12. The summed E-state index contributed by atoms with van der Waals surface area (Å²) in [5, 5.41) is 12.3. The number of thiophene rings is 1. The highest BCUT2D eigenvalue weighted by atomic mass is 32.1. The van der Waals surface area contributed by atoms with Crippen molar-refractivity contribution < 1.29 is 23.5 Å². The number of Topliss-reactive ketones (excluding diaryl/α,β-unsaturated/α-hetero) is 1. The van der Waals surface area contributed by atoms with E-state index in [2.05, 4.69) is 0 Å². The van der Waals surface area contributed by atoms with Crippen LogP contribution >= 0.6 is 11.3 Å². The number of aliphatic hydroxyl groups excluding tert-OH is 1. The summed E-state index contributed by atoms with van der Waals surface area (Å²) < 4.78 is 28.0. The Balaban J connectivity index is 1.92. The Morgan fingerprint density at radius 1 is 1.10 bits per heavy atom. The molecule has 0 radical (unpaired) electrons. The second kappa shape index (κ2) is 7.25. The molecule has 0 saturated heterocycles. The molecule has 29 heavy (non-hydrogen) atoms. The van der Waals surface area contributed by atoms with Crippen molar-refractivity contribution in [1.82, 2.24) is 0 Å². The Labute approximate surface area is 169 Å². The molecule has 4 nitrogen and oxygen atoms in total. The average Bonchev–Trinajstić information content (AvgIpc) is 3.30. The molecule has 1 amide bonds. The van der Waals surface area contributed by atoms with Gasteiger partial charge in [0.1, 0.15) is 11.6 Å². The third-order valence-electron chi connectivity index (χ3n) is 4.72. The monoisotopic (exact) mass is 411 g/mol. The SMILES string of the molecule is Cc1cccc(C2C(C(=O)c3cccs3)=C(O)C(=O)N2c2ccc(F)cc2F)c1. The molecule has 2 aromatic carbocycles. The maximum Gasteiger partial charge on any atom is 0.294 e. The van der Waals surface area contributed by atoms with E-state index in [1.54, 1.807) is 35.7 Å². The van der Waals surface area contributed by atoms with Crippen LogP contribution in [-0.4, -0.2) is 16.8 Å². The summed E-state index contributed by atoms with van der Waals surface area (Å²) >= 11 is 1.18. The number of hydrogen-bond acceptors (Lipinski definition) is 4. The second-order valence-corrected chi connectivity index (χ2v) is 7.60. The topological polar surface area (TPSA) is 57.6 Å². The van der Waals surface area contributed by atoms with Crippen molar-refractivity contribution >= 4 is 28.7 Å². The molecule has 146 valence electrons. The van der Waals surface area contributed by atoms with Gasteiger partial charge >= 0.3 is 0 Å². The van der Waals surface area contributed by atoms with Gasteiger partial charge in [-0.1, -0.05) is 35.9 Å². The number of aliphatic hydroxyl groups is 1. The fraction of sp³-hybridized carbons (Fsp3) is 0.0909. The van der Waals surface area contributed by atoms with Crippen LogP contribution in [0.25, 0.3) is 0 Å². The van der Waals surface area contributed by atoms with Crippen LogP contribution in [0.3, 0.4) is 0 Å². The van der Waals surface area contributed by atoms with Gasteiger partial charge in [-0.25, -0.2) is 8.78 Å². The van der Waals surface area contributed by atoms with E-state index in [4.69, 9.17) is 0 Å². The molecule has 0 bridgehead atoms. The van der Waals surface area contributed by atoms with E-state index in [9.17, 15) is 23.5 Å².